The number of hydrogen-bond donors (Lipinski definition) is 0. The first-order valence-corrected chi connectivity index (χ1v) is 33.5. The Labute approximate surface area is 572 Å². The summed E-state index contributed by atoms with van der Waals surface area (Å²) in [6.07, 6.45) is 0. The van der Waals surface area contributed by atoms with Crippen LogP contribution in [0.4, 0.5) is 0 Å². The molecule has 0 radical (unpaired) electrons. The maximum Gasteiger partial charge on any atom is 0.164 e. The van der Waals surface area contributed by atoms with E-state index in [-0.39, 0.29) is 0 Å². The van der Waals surface area contributed by atoms with E-state index >= 15 is 0 Å². The van der Waals surface area contributed by atoms with Gasteiger partial charge in [0, 0.05) is 87.8 Å². The molecule has 10 nitrogen and oxygen atoms in total. The van der Waals surface area contributed by atoms with E-state index in [9.17, 15) is 0 Å². The largest absolute Gasteiger partial charge is 0.454 e. The summed E-state index contributed by atoms with van der Waals surface area (Å²) in [6.45, 7) is 0. The van der Waals surface area contributed by atoms with Crippen molar-refractivity contribution in [2.24, 2.45) is 0 Å². The van der Waals surface area contributed by atoms with Crippen LogP contribution < -0.4 is 0 Å². The second-order valence-electron chi connectivity index (χ2n) is 25.3. The van der Waals surface area contributed by atoms with Crippen molar-refractivity contribution >= 4 is 87.5 Å². The second-order valence-corrected chi connectivity index (χ2v) is 25.3. The van der Waals surface area contributed by atoms with Crippen LogP contribution in [-0.4, -0.2) is 39.0 Å². The van der Waals surface area contributed by atoms with Crippen LogP contribution in [0.2, 0.25) is 0 Å². The molecular formula is C90H54N8O2. The zero-order valence-electron chi connectivity index (χ0n) is 53.6. The smallest absolute Gasteiger partial charge is 0.164 e. The van der Waals surface area contributed by atoms with Crippen molar-refractivity contribution < 1.29 is 8.83 Å². The predicted octanol–water partition coefficient (Wildman–Crippen LogP) is 23.1. The number of benzene rings is 14. The van der Waals surface area contributed by atoms with Gasteiger partial charge in [0.2, 0.25) is 0 Å². The van der Waals surface area contributed by atoms with Gasteiger partial charge < -0.3 is 18.0 Å². The molecule has 0 saturated heterocycles. The Morgan fingerprint density at radius 3 is 1.14 bits per heavy atom. The molecule has 20 aromatic rings. The predicted molar refractivity (Wildman–Crippen MR) is 405 cm³/mol. The third-order valence-electron chi connectivity index (χ3n) is 19.4. The lowest BCUT2D eigenvalue weighted by Crippen LogP contribution is -2.01. The van der Waals surface area contributed by atoms with Crippen molar-refractivity contribution in [1.29, 1.82) is 0 Å². The first-order chi connectivity index (χ1) is 49.5. The van der Waals surface area contributed by atoms with Gasteiger partial charge in [-0.15, -0.1) is 0 Å². The fourth-order valence-electron chi connectivity index (χ4n) is 14.7. The van der Waals surface area contributed by atoms with Crippen molar-refractivity contribution in [3.05, 3.63) is 328 Å². The topological polar surface area (TPSA) is 113 Å². The number of hydrogen-bond acceptors (Lipinski definition) is 8. The molecule has 0 unspecified atom stereocenters. The molecule has 0 N–H and O–H groups in total. The normalized spacial score (nSPS) is 11.8. The lowest BCUT2D eigenvalue weighted by molar-refractivity contribution is 0.670. The molecule has 0 atom stereocenters. The highest BCUT2D eigenvalue weighted by atomic mass is 16.3. The summed E-state index contributed by atoms with van der Waals surface area (Å²) in [5, 5.41) is 8.56. The van der Waals surface area contributed by atoms with E-state index in [4.69, 9.17) is 38.7 Å². The summed E-state index contributed by atoms with van der Waals surface area (Å²) in [5.41, 5.74) is 20.9. The highest BCUT2D eigenvalue weighted by Gasteiger charge is 2.26. The molecule has 100 heavy (non-hydrogen) atoms. The molecule has 0 spiro atoms. The summed E-state index contributed by atoms with van der Waals surface area (Å²) in [4.78, 5) is 31.7. The molecule has 6 aromatic heterocycles. The Kier molecular flexibility index (Phi) is 13.0. The van der Waals surface area contributed by atoms with Crippen molar-refractivity contribution in [2.75, 3.05) is 0 Å². The van der Waals surface area contributed by atoms with Crippen LogP contribution in [0.15, 0.2) is 336 Å². The van der Waals surface area contributed by atoms with Crippen molar-refractivity contribution in [3.63, 3.8) is 0 Å². The van der Waals surface area contributed by atoms with Gasteiger partial charge in [-0.05, 0) is 100 Å². The maximum atomic E-state index is 7.05. The average Bonchev–Trinajstić information content (AvgIpc) is 1.55. The standard InChI is InChI=1S/C90H54N8O2/c1-4-21-55(22-5-1)57-41-45-60(46-42-57)86-91-85(59-25-8-3-9-26-59)92-89(94-86)65-30-20-32-67(53-65)98-77-38-15-11-36-73(77)80-74(54-75-70-35-13-17-40-79(70)100-84(75)82(80)98)58-43-47-61(48-44-58)87-93-88(63-28-18-27-62(51-63)56-23-6-2-7-24-56)96-90(95-87)64-29-19-31-66(52-64)97-76-37-14-10-33-68(76)71-49-50-72-69-34-12-16-39-78(69)99-83(72)81(71)97/h1-54H. The second kappa shape index (κ2) is 23.0. The molecule has 466 valence electrons. The average molecular weight is 1280 g/mol. The van der Waals surface area contributed by atoms with Gasteiger partial charge in [-0.25, -0.2) is 29.9 Å². The Morgan fingerprint density at radius 1 is 0.210 bits per heavy atom. The summed E-state index contributed by atoms with van der Waals surface area (Å²) >= 11 is 0. The van der Waals surface area contributed by atoms with Crippen molar-refractivity contribution in [2.45, 2.75) is 0 Å². The highest BCUT2D eigenvalue weighted by Crippen LogP contribution is 2.47. The first-order valence-electron chi connectivity index (χ1n) is 33.5. The zero-order valence-corrected chi connectivity index (χ0v) is 53.6. The van der Waals surface area contributed by atoms with Gasteiger partial charge in [0.05, 0.1) is 22.1 Å². The molecule has 14 aromatic carbocycles. The van der Waals surface area contributed by atoms with Gasteiger partial charge >= 0.3 is 0 Å². The Hall–Kier alpha value is -13.7. The lowest BCUT2D eigenvalue weighted by Gasteiger charge is -2.13. The Morgan fingerprint density at radius 2 is 0.570 bits per heavy atom. The molecule has 0 saturated carbocycles. The van der Waals surface area contributed by atoms with Crippen LogP contribution in [0.25, 0.3) is 201 Å². The molecule has 0 aliphatic carbocycles. The molecule has 20 rings (SSSR count). The minimum absolute atomic E-state index is 0.544. The number of rotatable bonds is 11. The van der Waals surface area contributed by atoms with Crippen molar-refractivity contribution in [1.82, 2.24) is 39.0 Å². The van der Waals surface area contributed by atoms with Crippen LogP contribution in [0.3, 0.4) is 0 Å². The van der Waals surface area contributed by atoms with Crippen LogP contribution in [0.5, 0.6) is 0 Å². The summed E-state index contributed by atoms with van der Waals surface area (Å²) in [6, 6.07) is 114. The SMILES string of the molecule is c1ccc(-c2ccc(-c3nc(-c4ccccc4)nc(-c4cccc(-n5c6ccccc6c6c(-c7ccc(-c8nc(-c9cccc(-c%10ccccc%10)c9)nc(-c9cccc(-n%10c%11ccccc%11c%11ccc%12c%13ccccc%13oc%12c%11%10)c9)n8)cc7)cc7c8ccccc8oc7c65)c4)n3)cc2)cc1. The van der Waals surface area contributed by atoms with Crippen molar-refractivity contribution in [3.8, 4) is 113 Å². The quantitative estimate of drug-likeness (QED) is 0.126. The Balaban J connectivity index is 0.736. The molecule has 0 bridgehead atoms. The van der Waals surface area contributed by atoms with E-state index in [0.29, 0.717) is 34.9 Å². The maximum absolute atomic E-state index is 7.05. The fraction of sp³-hybridized carbons (Fsp3) is 0. The van der Waals surface area contributed by atoms with Crippen LogP contribution in [0, 0.1) is 0 Å². The first kappa shape index (κ1) is 56.6. The van der Waals surface area contributed by atoms with E-state index in [0.717, 1.165) is 166 Å². The molecule has 0 aliphatic heterocycles. The third kappa shape index (κ3) is 9.41. The molecule has 10 heteroatoms. The number of aromatic nitrogens is 8. The number of fused-ring (bicyclic) bond motifs is 14. The number of para-hydroxylation sites is 4. The monoisotopic (exact) mass is 1280 g/mol. The minimum atomic E-state index is 0.544. The van der Waals surface area contributed by atoms with Gasteiger partial charge in [0.1, 0.15) is 11.2 Å². The number of nitrogens with zero attached hydrogens (tertiary/aromatic N) is 8. The van der Waals surface area contributed by atoms with E-state index in [1.165, 1.54) is 0 Å². The molecule has 0 fully saturated rings. The minimum Gasteiger partial charge on any atom is -0.454 e. The zero-order chi connectivity index (χ0) is 65.8. The summed E-state index contributed by atoms with van der Waals surface area (Å²) in [7, 11) is 0. The van der Waals surface area contributed by atoms with Gasteiger partial charge in [-0.1, -0.05) is 261 Å². The van der Waals surface area contributed by atoms with Gasteiger partial charge in [0.25, 0.3) is 0 Å². The third-order valence-corrected chi connectivity index (χ3v) is 19.4. The number of furan rings is 2. The van der Waals surface area contributed by atoms with Gasteiger partial charge in [-0.2, -0.15) is 0 Å². The summed E-state index contributed by atoms with van der Waals surface area (Å²) < 4.78 is 18.5. The molecule has 6 heterocycles. The van der Waals surface area contributed by atoms with E-state index < -0.39 is 0 Å². The molecule has 0 amide bonds. The lowest BCUT2D eigenvalue weighted by atomic mass is 9.96. The van der Waals surface area contributed by atoms with E-state index in [2.05, 4.69) is 276 Å². The molecular weight excluding hydrogens is 1230 g/mol. The van der Waals surface area contributed by atoms with Gasteiger partial charge in [-0.3, -0.25) is 0 Å². The van der Waals surface area contributed by atoms with E-state index in [1.54, 1.807) is 0 Å². The van der Waals surface area contributed by atoms with Gasteiger partial charge in [0.15, 0.2) is 46.1 Å². The molecule has 0 aliphatic rings. The fourth-order valence-corrected chi connectivity index (χ4v) is 14.7. The Bertz CT molecular complexity index is 6630. The van der Waals surface area contributed by atoms with Crippen LogP contribution in [-0.2, 0) is 0 Å². The summed E-state index contributed by atoms with van der Waals surface area (Å²) in [5.74, 6) is 3.38. The highest BCUT2D eigenvalue weighted by molar-refractivity contribution is 6.27. The van der Waals surface area contributed by atoms with E-state index in [1.807, 2.05) is 60.7 Å². The van der Waals surface area contributed by atoms with Crippen LogP contribution in [0.1, 0.15) is 0 Å². The van der Waals surface area contributed by atoms with Crippen LogP contribution >= 0.6 is 0 Å².